The number of thioether (sulfide) groups is 1. The molecule has 0 unspecified atom stereocenters. The van der Waals surface area contributed by atoms with E-state index in [0.29, 0.717) is 17.9 Å². The molecule has 3 aliphatic heterocycles. The molecule has 0 saturated carbocycles. The quantitative estimate of drug-likeness (QED) is 0.282. The number of carboxylic acid groups (broad SMARTS) is 1. The number of β-lactam (4-membered cyclic amide) rings is 1. The molecule has 11 nitrogen and oxygen atoms in total. The monoisotopic (exact) mass is 580 g/mol. The zero-order chi connectivity index (χ0) is 27.5. The van der Waals surface area contributed by atoms with Gasteiger partial charge >= 0.3 is 5.97 Å². The summed E-state index contributed by atoms with van der Waals surface area (Å²) >= 11 is 2.46. The van der Waals surface area contributed by atoms with Crippen molar-refractivity contribution in [2.24, 2.45) is 17.0 Å². The number of carboxylic acids is 1. The molecule has 2 amide bonds. The predicted octanol–water partition coefficient (Wildman–Crippen LogP) is 0.782. The van der Waals surface area contributed by atoms with Gasteiger partial charge in [-0.1, -0.05) is 19.1 Å². The number of nitrogens with zero attached hydrogens (tertiary/aromatic N) is 1. The minimum atomic E-state index is -3.78. The van der Waals surface area contributed by atoms with E-state index >= 15 is 0 Å². The van der Waals surface area contributed by atoms with Crippen molar-refractivity contribution in [3.8, 4) is 0 Å². The number of rotatable bonds is 8. The summed E-state index contributed by atoms with van der Waals surface area (Å²) in [5, 5.41) is 31.9. The number of carbonyl (C=O) groups excluding carboxylic acids is 2. The van der Waals surface area contributed by atoms with Crippen LogP contribution in [0.2, 0.25) is 0 Å². The lowest BCUT2D eigenvalue weighted by Gasteiger charge is -2.46. The van der Waals surface area contributed by atoms with Crippen LogP contribution in [0.5, 0.6) is 0 Å². The number of benzene rings is 1. The lowest BCUT2D eigenvalue weighted by atomic mass is 9.79. The maximum absolute atomic E-state index is 12.8. The third-order valence-corrected chi connectivity index (χ3v) is 11.4. The Hall–Kier alpha value is -2.49. The van der Waals surface area contributed by atoms with E-state index in [0.717, 1.165) is 27.0 Å². The van der Waals surface area contributed by atoms with Crippen molar-refractivity contribution in [2.75, 3.05) is 6.54 Å². The van der Waals surface area contributed by atoms with Crippen LogP contribution in [0.3, 0.4) is 0 Å². The van der Waals surface area contributed by atoms with Gasteiger partial charge in [-0.2, -0.15) is 0 Å². The molecule has 204 valence electrons. The first-order valence-corrected chi connectivity index (χ1v) is 15.3. The summed E-state index contributed by atoms with van der Waals surface area (Å²) in [6.45, 7) is 4.18. The van der Waals surface area contributed by atoms with Gasteiger partial charge < -0.3 is 25.7 Å². The number of hydrogen-bond donors (Lipinski definition) is 5. The summed E-state index contributed by atoms with van der Waals surface area (Å²) in [6.07, 6.45) is -0.372. The highest BCUT2D eigenvalue weighted by Crippen LogP contribution is 2.51. The van der Waals surface area contributed by atoms with Crippen LogP contribution in [-0.4, -0.2) is 71.3 Å². The number of nitrogens with two attached hydrogens (primary N) is 1. The molecule has 5 rings (SSSR count). The minimum absolute atomic E-state index is 0.0168. The topological polar surface area (TPSA) is 179 Å². The molecule has 2 saturated heterocycles. The Kier molecular flexibility index (Phi) is 7.07. The Morgan fingerprint density at radius 1 is 1.34 bits per heavy atom. The summed E-state index contributed by atoms with van der Waals surface area (Å²) in [4.78, 5) is 39.3. The van der Waals surface area contributed by atoms with E-state index in [1.807, 2.05) is 19.1 Å². The third kappa shape index (κ3) is 4.73. The van der Waals surface area contributed by atoms with Crippen LogP contribution >= 0.6 is 23.1 Å². The number of thiophene rings is 1. The van der Waals surface area contributed by atoms with Gasteiger partial charge in [-0.25, -0.2) is 18.4 Å². The van der Waals surface area contributed by atoms with Gasteiger partial charge in [0.15, 0.2) is 0 Å². The van der Waals surface area contributed by atoms with Crippen LogP contribution in [0.1, 0.15) is 25.8 Å². The van der Waals surface area contributed by atoms with Crippen molar-refractivity contribution in [3.05, 3.63) is 40.4 Å². The lowest BCUT2D eigenvalue weighted by molar-refractivity contribution is -0.163. The third-order valence-electron chi connectivity index (χ3n) is 7.32. The highest BCUT2D eigenvalue weighted by Gasteiger charge is 2.60. The summed E-state index contributed by atoms with van der Waals surface area (Å²) < 4.78 is 24.1. The average molecular weight is 581 g/mol. The Labute approximate surface area is 227 Å². The number of primary sulfonamides is 1. The van der Waals surface area contributed by atoms with Crippen molar-refractivity contribution >= 4 is 61.0 Å². The number of fused-ring (bicyclic) bond motifs is 2. The first-order valence-electron chi connectivity index (χ1n) is 12.1. The molecule has 38 heavy (non-hydrogen) atoms. The fourth-order valence-corrected chi connectivity index (χ4v) is 8.83. The summed E-state index contributed by atoms with van der Waals surface area (Å²) in [7, 11) is -3.78. The minimum Gasteiger partial charge on any atom is -0.477 e. The fraction of sp³-hybridized carbons (Fsp3) is 0.458. The molecule has 0 spiro atoms. The highest BCUT2D eigenvalue weighted by molar-refractivity contribution is 8.03. The Morgan fingerprint density at radius 2 is 2.08 bits per heavy atom. The van der Waals surface area contributed by atoms with E-state index in [2.05, 4.69) is 10.6 Å². The van der Waals surface area contributed by atoms with Crippen molar-refractivity contribution in [1.29, 1.82) is 0 Å². The van der Waals surface area contributed by atoms with Crippen LogP contribution in [0.4, 0.5) is 0 Å². The number of hydrogen-bond acceptors (Lipinski definition) is 9. The van der Waals surface area contributed by atoms with Gasteiger partial charge in [0.1, 0.15) is 9.91 Å². The number of aliphatic carboxylic acids is 1. The smallest absolute Gasteiger partial charge is 0.353 e. The molecule has 0 aliphatic carbocycles. The zero-order valence-corrected chi connectivity index (χ0v) is 23.0. The number of nitrogens with one attached hydrogen (secondary N) is 2. The van der Waals surface area contributed by atoms with Crippen LogP contribution in [-0.2, 0) is 31.0 Å². The molecule has 6 N–H and O–H groups in total. The van der Waals surface area contributed by atoms with Gasteiger partial charge in [0.25, 0.3) is 0 Å². The van der Waals surface area contributed by atoms with Gasteiger partial charge in [0.2, 0.25) is 21.8 Å². The van der Waals surface area contributed by atoms with Gasteiger partial charge in [0, 0.05) is 33.9 Å². The Morgan fingerprint density at radius 3 is 2.74 bits per heavy atom. The second kappa shape index (κ2) is 9.92. The maximum atomic E-state index is 12.8. The predicted molar refractivity (Wildman–Crippen MR) is 142 cm³/mol. The fourth-order valence-electron chi connectivity index (χ4n) is 5.46. The Balaban J connectivity index is 1.21. The number of amides is 2. The summed E-state index contributed by atoms with van der Waals surface area (Å²) in [6, 6.07) is 6.12. The summed E-state index contributed by atoms with van der Waals surface area (Å²) in [5.41, 5.74) is 0.798. The molecular weight excluding hydrogens is 552 g/mol. The molecule has 0 bridgehead atoms. The molecule has 2 aromatic rings. The van der Waals surface area contributed by atoms with E-state index < -0.39 is 34.1 Å². The largest absolute Gasteiger partial charge is 0.477 e. The number of aliphatic hydroxyl groups is 1. The standard InChI is InChI=1S/C24H28N4O7S3/c1-10-19-18(11(2)29)23(31)28(19)20(24(32)33)21(10)36-14-7-15(26-9-14)22(30)27-8-12-3-4-13-6-17(38(25,34)35)37-16(13)5-12/h3-6,10-11,14-15,18-19,26,29H,7-9H2,1-2H3,(H,27,30)(H,32,33)(H2,25,34,35)/t10-,11-,14+,15+,18-,19-/m1/s1. The van der Waals surface area contributed by atoms with E-state index in [1.165, 1.54) is 22.7 Å². The molecule has 6 atom stereocenters. The van der Waals surface area contributed by atoms with Crippen LogP contribution in [0.15, 0.2) is 39.1 Å². The molecule has 3 aliphatic rings. The normalized spacial score (nSPS) is 27.9. The zero-order valence-electron chi connectivity index (χ0n) is 20.6. The molecule has 14 heteroatoms. The van der Waals surface area contributed by atoms with Crippen LogP contribution < -0.4 is 15.8 Å². The van der Waals surface area contributed by atoms with E-state index in [1.54, 1.807) is 13.0 Å². The van der Waals surface area contributed by atoms with Gasteiger partial charge in [-0.3, -0.25) is 9.59 Å². The summed E-state index contributed by atoms with van der Waals surface area (Å²) in [5.74, 6) is -2.56. The molecule has 0 radical (unpaired) electrons. The van der Waals surface area contributed by atoms with E-state index in [-0.39, 0.29) is 45.5 Å². The molecule has 1 aromatic carbocycles. The molecular formula is C24H28N4O7S3. The van der Waals surface area contributed by atoms with Gasteiger partial charge in [-0.05, 0) is 36.4 Å². The number of aliphatic hydroxyl groups excluding tert-OH is 1. The average Bonchev–Trinajstić information content (AvgIpc) is 3.53. The second-order valence-corrected chi connectivity index (χ2v) is 14.1. The first kappa shape index (κ1) is 27.1. The first-order chi connectivity index (χ1) is 17.9. The number of carbonyl (C=O) groups is 3. The van der Waals surface area contributed by atoms with Crippen molar-refractivity contribution in [2.45, 2.75) is 54.5 Å². The van der Waals surface area contributed by atoms with Crippen LogP contribution in [0.25, 0.3) is 10.1 Å². The van der Waals surface area contributed by atoms with Crippen molar-refractivity contribution in [1.82, 2.24) is 15.5 Å². The SMILES string of the molecule is C[C@@H](O)[C@H]1C(=O)N2C(C(=O)O)=C(S[C@@H]3CN[C@H](C(=O)NCc4ccc5cc(S(N)(=O)=O)sc5c4)C3)[C@H](C)[C@H]12. The second-order valence-electron chi connectivity index (χ2n) is 9.91. The van der Waals surface area contributed by atoms with Crippen molar-refractivity contribution < 1.29 is 33.0 Å². The lowest BCUT2D eigenvalue weighted by Crippen LogP contribution is -2.63. The molecule has 1 aromatic heterocycles. The maximum Gasteiger partial charge on any atom is 0.353 e. The van der Waals surface area contributed by atoms with E-state index in [9.17, 15) is 33.0 Å². The van der Waals surface area contributed by atoms with Gasteiger partial charge in [-0.15, -0.1) is 23.1 Å². The molecule has 4 heterocycles. The van der Waals surface area contributed by atoms with Crippen molar-refractivity contribution in [3.63, 3.8) is 0 Å². The Bertz CT molecular complexity index is 1470. The highest BCUT2D eigenvalue weighted by atomic mass is 32.2. The van der Waals surface area contributed by atoms with Gasteiger partial charge in [0.05, 0.1) is 24.1 Å². The van der Waals surface area contributed by atoms with E-state index in [4.69, 9.17) is 5.14 Å². The van der Waals surface area contributed by atoms with Crippen LogP contribution in [0, 0.1) is 11.8 Å². The molecule has 2 fully saturated rings. The number of sulfonamides is 1.